The number of nitrogens with zero attached hydrogens (tertiary/aromatic N) is 4. The van der Waals surface area contributed by atoms with E-state index in [4.69, 9.17) is 4.74 Å². The normalized spacial score (nSPS) is 19.8. The summed E-state index contributed by atoms with van der Waals surface area (Å²) >= 11 is 0. The summed E-state index contributed by atoms with van der Waals surface area (Å²) in [5.41, 5.74) is -5.33. The first kappa shape index (κ1) is 37.7. The Bertz CT molecular complexity index is 1500. The quantitative estimate of drug-likeness (QED) is 0.330. The largest absolute Gasteiger partial charge is 0.465 e. The van der Waals surface area contributed by atoms with Gasteiger partial charge in [0.2, 0.25) is 5.91 Å². The van der Waals surface area contributed by atoms with Crippen LogP contribution in [0.1, 0.15) is 56.2 Å². The molecule has 2 atom stereocenters. The maximum atomic E-state index is 14.5. The molecular weight excluding hydrogens is 665 g/mol. The van der Waals surface area contributed by atoms with Gasteiger partial charge in [-0.15, -0.1) is 0 Å². The minimum absolute atomic E-state index is 0.0173. The van der Waals surface area contributed by atoms with Gasteiger partial charge in [-0.05, 0) is 69.5 Å². The van der Waals surface area contributed by atoms with Gasteiger partial charge in [0.1, 0.15) is 5.82 Å². The number of hydrogen-bond donors (Lipinski definition) is 1. The SMILES string of the molecule is CN(C(=O)N(C)[C@@H]1CN(C(=O)C2(CN(C(=O)O)C(C)(C)C)CCOCC2)C[C@H]1c1ccc(F)cc1)c1cc(C(F)(F)F)cc(C(F)(F)F)c1. The summed E-state index contributed by atoms with van der Waals surface area (Å²) in [7, 11) is 2.37. The molecule has 4 rings (SSSR count). The average molecular weight is 705 g/mol. The zero-order valence-electron chi connectivity index (χ0n) is 27.7. The number of rotatable bonds is 6. The Morgan fingerprint density at radius 1 is 0.898 bits per heavy atom. The first-order valence-corrected chi connectivity index (χ1v) is 15.5. The molecule has 9 nitrogen and oxygen atoms in total. The van der Waals surface area contributed by atoms with Crippen LogP contribution in [0.5, 0.6) is 0 Å². The van der Waals surface area contributed by atoms with Crippen LogP contribution in [-0.2, 0) is 21.9 Å². The summed E-state index contributed by atoms with van der Waals surface area (Å²) in [5.74, 6) is -1.57. The van der Waals surface area contributed by atoms with Crippen LogP contribution < -0.4 is 4.90 Å². The van der Waals surface area contributed by atoms with Crippen LogP contribution in [-0.4, -0.2) is 96.4 Å². The second kappa shape index (κ2) is 13.7. The van der Waals surface area contributed by atoms with E-state index in [9.17, 15) is 50.2 Å². The summed E-state index contributed by atoms with van der Waals surface area (Å²) < 4.78 is 101. The van der Waals surface area contributed by atoms with E-state index < -0.39 is 70.0 Å². The number of ether oxygens (including phenoxy) is 1. The standard InChI is InChI=1S/C33H39F7N4O5/c1-30(2,3)44(29(47)48)19-31(10-12-49-13-11-31)27(45)43-17-25(20-6-8-23(34)9-7-20)26(18-43)42(5)28(46)41(4)24-15-21(32(35,36)37)14-22(16-24)33(38,39)40/h6-9,14-16,25-26H,10-13,17-19H2,1-5H3,(H,47,48)/t25-,26+/m0/s1. The number of alkyl halides is 6. The second-order valence-corrected chi connectivity index (χ2v) is 13.6. The van der Waals surface area contributed by atoms with Crippen molar-refractivity contribution in [1.29, 1.82) is 0 Å². The zero-order valence-corrected chi connectivity index (χ0v) is 27.7. The molecule has 0 bridgehead atoms. The lowest BCUT2D eigenvalue weighted by atomic mass is 9.77. The predicted octanol–water partition coefficient (Wildman–Crippen LogP) is 6.92. The number of carboxylic acid groups (broad SMARTS) is 1. The van der Waals surface area contributed by atoms with Gasteiger partial charge in [0.05, 0.1) is 22.6 Å². The molecule has 2 heterocycles. The van der Waals surface area contributed by atoms with Crippen LogP contribution in [0.4, 0.5) is 46.0 Å². The highest BCUT2D eigenvalue weighted by Crippen LogP contribution is 2.41. The third-order valence-corrected chi connectivity index (χ3v) is 9.33. The van der Waals surface area contributed by atoms with Crippen molar-refractivity contribution < 1.29 is 55.0 Å². The highest BCUT2D eigenvalue weighted by molar-refractivity contribution is 5.92. The van der Waals surface area contributed by atoms with Gasteiger partial charge in [-0.1, -0.05) is 12.1 Å². The Labute approximate surface area is 279 Å². The number of amides is 4. The van der Waals surface area contributed by atoms with Crippen LogP contribution in [0.25, 0.3) is 0 Å². The number of likely N-dealkylation sites (tertiary alicyclic amines) is 1. The van der Waals surface area contributed by atoms with Gasteiger partial charge in [0, 0.05) is 64.1 Å². The van der Waals surface area contributed by atoms with Gasteiger partial charge in [-0.2, -0.15) is 26.3 Å². The third-order valence-electron chi connectivity index (χ3n) is 9.33. The molecule has 2 aliphatic heterocycles. The van der Waals surface area contributed by atoms with Crippen LogP contribution in [0.15, 0.2) is 42.5 Å². The number of benzene rings is 2. The molecule has 2 aromatic rings. The molecule has 1 N–H and O–H groups in total. The van der Waals surface area contributed by atoms with E-state index in [0.717, 1.165) is 11.9 Å². The van der Waals surface area contributed by atoms with Gasteiger partial charge in [0.15, 0.2) is 0 Å². The van der Waals surface area contributed by atoms with Crippen molar-refractivity contribution >= 4 is 23.7 Å². The minimum Gasteiger partial charge on any atom is -0.465 e. The Balaban J connectivity index is 1.70. The van der Waals surface area contributed by atoms with Gasteiger partial charge < -0.3 is 24.5 Å². The maximum Gasteiger partial charge on any atom is 0.416 e. The van der Waals surface area contributed by atoms with E-state index in [1.165, 1.54) is 41.1 Å². The fourth-order valence-electron chi connectivity index (χ4n) is 6.44. The van der Waals surface area contributed by atoms with E-state index in [1.807, 2.05) is 0 Å². The van der Waals surface area contributed by atoms with Gasteiger partial charge in [-0.3, -0.25) is 9.69 Å². The molecule has 0 unspecified atom stereocenters. The molecule has 16 heteroatoms. The molecule has 2 aliphatic rings. The highest BCUT2D eigenvalue weighted by atomic mass is 19.4. The number of hydrogen-bond acceptors (Lipinski definition) is 4. The van der Waals surface area contributed by atoms with Crippen LogP contribution in [0.2, 0.25) is 0 Å². The zero-order chi connectivity index (χ0) is 36.7. The summed E-state index contributed by atoms with van der Waals surface area (Å²) in [6.07, 6.45) is -11.1. The monoisotopic (exact) mass is 704 g/mol. The lowest BCUT2D eigenvalue weighted by Crippen LogP contribution is -2.57. The number of anilines is 1. The maximum absolute atomic E-state index is 14.5. The van der Waals surface area contributed by atoms with Gasteiger partial charge in [0.25, 0.3) is 0 Å². The van der Waals surface area contributed by atoms with Gasteiger partial charge in [-0.25, -0.2) is 14.0 Å². The first-order valence-electron chi connectivity index (χ1n) is 15.5. The van der Waals surface area contributed by atoms with Crippen molar-refractivity contribution in [1.82, 2.24) is 14.7 Å². The van der Waals surface area contributed by atoms with Crippen molar-refractivity contribution in [2.45, 2.75) is 63.5 Å². The van der Waals surface area contributed by atoms with E-state index in [0.29, 0.717) is 22.6 Å². The van der Waals surface area contributed by atoms with Crippen LogP contribution in [0, 0.1) is 11.2 Å². The van der Waals surface area contributed by atoms with Crippen molar-refractivity contribution in [2.75, 3.05) is 51.8 Å². The molecule has 0 spiro atoms. The molecule has 4 amide bonds. The van der Waals surface area contributed by atoms with Crippen molar-refractivity contribution in [2.24, 2.45) is 5.41 Å². The minimum atomic E-state index is -5.13. The predicted molar refractivity (Wildman–Crippen MR) is 164 cm³/mol. The van der Waals surface area contributed by atoms with E-state index in [-0.39, 0.29) is 57.7 Å². The Morgan fingerprint density at radius 3 is 1.90 bits per heavy atom. The Hall–Kier alpha value is -4.08. The average Bonchev–Trinajstić information content (AvgIpc) is 3.46. The molecule has 0 saturated carbocycles. The van der Waals surface area contributed by atoms with Crippen LogP contribution >= 0.6 is 0 Å². The summed E-state index contributed by atoms with van der Waals surface area (Å²) in [4.78, 5) is 45.0. The first-order chi connectivity index (χ1) is 22.5. The fraction of sp³-hybridized carbons (Fsp3) is 0.545. The molecule has 49 heavy (non-hydrogen) atoms. The van der Waals surface area contributed by atoms with E-state index >= 15 is 0 Å². The van der Waals surface area contributed by atoms with E-state index in [1.54, 1.807) is 20.8 Å². The topological polar surface area (TPSA) is 93.6 Å². The molecule has 270 valence electrons. The smallest absolute Gasteiger partial charge is 0.416 e. The van der Waals surface area contributed by atoms with Crippen molar-refractivity contribution in [3.8, 4) is 0 Å². The second-order valence-electron chi connectivity index (χ2n) is 13.6. The Morgan fingerprint density at radius 2 is 1.43 bits per heavy atom. The summed E-state index contributed by atoms with van der Waals surface area (Å²) in [5, 5.41) is 10.0. The molecular formula is C33H39F7N4O5. The van der Waals surface area contributed by atoms with Crippen molar-refractivity contribution in [3.05, 3.63) is 65.0 Å². The fourth-order valence-corrected chi connectivity index (χ4v) is 6.44. The molecule has 0 radical (unpaired) electrons. The lowest BCUT2D eigenvalue weighted by Gasteiger charge is -2.44. The molecule has 2 aromatic carbocycles. The number of carbonyl (C=O) groups excluding carboxylic acids is 2. The molecule has 2 saturated heterocycles. The molecule has 0 aromatic heterocycles. The summed E-state index contributed by atoms with van der Waals surface area (Å²) in [6.45, 7) is 5.29. The van der Waals surface area contributed by atoms with Crippen molar-refractivity contribution in [3.63, 3.8) is 0 Å². The number of carbonyl (C=O) groups is 3. The number of urea groups is 1. The van der Waals surface area contributed by atoms with E-state index in [2.05, 4.69) is 0 Å². The Kier molecular flexibility index (Phi) is 10.5. The third kappa shape index (κ3) is 8.22. The number of likely N-dealkylation sites (N-methyl/N-ethyl adjacent to an activating group) is 1. The molecule has 2 fully saturated rings. The van der Waals surface area contributed by atoms with Gasteiger partial charge >= 0.3 is 24.5 Å². The lowest BCUT2D eigenvalue weighted by molar-refractivity contribution is -0.149. The summed E-state index contributed by atoms with van der Waals surface area (Å²) in [6, 6.07) is 4.39. The van der Waals surface area contributed by atoms with Crippen LogP contribution in [0.3, 0.4) is 0 Å². The highest BCUT2D eigenvalue weighted by Gasteiger charge is 2.50. The molecule has 0 aliphatic carbocycles. The number of halogens is 7.